The zero-order chi connectivity index (χ0) is 17.8. The molecule has 1 N–H and O–H groups in total. The number of hydrogen-bond acceptors (Lipinski definition) is 6. The molecule has 1 fully saturated rings. The number of fused-ring (bicyclic) bond motifs is 1. The van der Waals surface area contributed by atoms with E-state index in [9.17, 15) is 4.79 Å². The zero-order valence-electron chi connectivity index (χ0n) is 14.3. The van der Waals surface area contributed by atoms with Crippen LogP contribution >= 0.6 is 23.1 Å². The topological polar surface area (TPSA) is 69.0 Å². The van der Waals surface area contributed by atoms with Gasteiger partial charge in [0.15, 0.2) is 4.34 Å². The van der Waals surface area contributed by atoms with E-state index in [1.54, 1.807) is 17.5 Å². The highest BCUT2D eigenvalue weighted by Gasteiger charge is 2.15. The Morgan fingerprint density at radius 1 is 1.35 bits per heavy atom. The quantitative estimate of drug-likeness (QED) is 0.653. The maximum absolute atomic E-state index is 12.2. The third-order valence-electron chi connectivity index (χ3n) is 4.30. The Hall–Kier alpha value is -1.90. The number of rotatable bonds is 6. The van der Waals surface area contributed by atoms with Crippen LogP contribution in [0.4, 0.5) is 5.69 Å². The van der Waals surface area contributed by atoms with Crippen LogP contribution in [0, 0.1) is 5.92 Å². The summed E-state index contributed by atoms with van der Waals surface area (Å²) in [5.41, 5.74) is 1.72. The van der Waals surface area contributed by atoms with Gasteiger partial charge in [0, 0.05) is 26.0 Å². The van der Waals surface area contributed by atoms with Gasteiger partial charge in [0.25, 0.3) is 0 Å². The summed E-state index contributed by atoms with van der Waals surface area (Å²) in [5, 5.41) is 7.27. The average Bonchev–Trinajstić information content (AvgIpc) is 3.27. The molecule has 2 aromatic heterocycles. The fourth-order valence-corrected chi connectivity index (χ4v) is 4.83. The van der Waals surface area contributed by atoms with Crippen LogP contribution in [0.3, 0.4) is 0 Å². The fraction of sp³-hybridized carbons (Fsp3) is 0.389. The van der Waals surface area contributed by atoms with Crippen LogP contribution in [0.25, 0.3) is 10.2 Å². The largest absolute Gasteiger partial charge is 0.381 e. The highest BCUT2D eigenvalue weighted by Crippen LogP contribution is 2.29. The number of carbonyl (C=O) groups is 1. The van der Waals surface area contributed by atoms with Crippen molar-refractivity contribution in [1.82, 2.24) is 14.8 Å². The number of benzene rings is 1. The van der Waals surface area contributed by atoms with Gasteiger partial charge < -0.3 is 10.1 Å². The Morgan fingerprint density at radius 3 is 3.04 bits per heavy atom. The Labute approximate surface area is 159 Å². The van der Waals surface area contributed by atoms with Crippen LogP contribution < -0.4 is 5.32 Å². The van der Waals surface area contributed by atoms with Crippen molar-refractivity contribution in [3.8, 4) is 0 Å². The van der Waals surface area contributed by atoms with Gasteiger partial charge in [0.05, 0.1) is 27.9 Å². The minimum atomic E-state index is -0.0418. The number of hydrogen-bond donors (Lipinski definition) is 1. The molecule has 1 aliphatic rings. The van der Waals surface area contributed by atoms with Gasteiger partial charge >= 0.3 is 0 Å². The lowest BCUT2D eigenvalue weighted by Gasteiger charge is -2.21. The highest BCUT2D eigenvalue weighted by atomic mass is 32.2. The van der Waals surface area contributed by atoms with E-state index in [1.807, 2.05) is 35.1 Å². The summed E-state index contributed by atoms with van der Waals surface area (Å²) in [6.07, 6.45) is 5.75. The van der Waals surface area contributed by atoms with Crippen LogP contribution in [0.5, 0.6) is 0 Å². The molecule has 0 unspecified atom stereocenters. The maximum Gasteiger partial charge on any atom is 0.234 e. The summed E-state index contributed by atoms with van der Waals surface area (Å²) in [6.45, 7) is 2.54. The van der Waals surface area contributed by atoms with E-state index in [0.29, 0.717) is 11.7 Å². The second-order valence-electron chi connectivity index (χ2n) is 6.29. The second kappa shape index (κ2) is 8.20. The molecule has 1 saturated heterocycles. The third-order valence-corrected chi connectivity index (χ3v) is 6.48. The van der Waals surface area contributed by atoms with Gasteiger partial charge in [0.1, 0.15) is 0 Å². The number of thiazole rings is 1. The number of amides is 1. The summed E-state index contributed by atoms with van der Waals surface area (Å²) < 4.78 is 9.35. The summed E-state index contributed by atoms with van der Waals surface area (Å²) in [4.78, 5) is 16.7. The fourth-order valence-electron chi connectivity index (χ4n) is 2.96. The van der Waals surface area contributed by atoms with E-state index in [0.717, 1.165) is 52.8 Å². The molecule has 26 heavy (non-hydrogen) atoms. The molecule has 1 aromatic carbocycles. The monoisotopic (exact) mass is 388 g/mol. The number of nitrogens with one attached hydrogen (secondary N) is 1. The number of para-hydroxylation sites is 1. The van der Waals surface area contributed by atoms with E-state index < -0.39 is 0 Å². The molecule has 8 heteroatoms. The van der Waals surface area contributed by atoms with E-state index >= 15 is 0 Å². The van der Waals surface area contributed by atoms with Gasteiger partial charge in [-0.2, -0.15) is 5.10 Å². The molecule has 0 bridgehead atoms. The molecule has 136 valence electrons. The minimum Gasteiger partial charge on any atom is -0.381 e. The van der Waals surface area contributed by atoms with Crippen molar-refractivity contribution in [2.45, 2.75) is 23.7 Å². The molecule has 3 heterocycles. The normalized spacial score (nSPS) is 15.4. The van der Waals surface area contributed by atoms with E-state index in [2.05, 4.69) is 15.4 Å². The Morgan fingerprint density at radius 2 is 2.19 bits per heavy atom. The molecule has 1 amide bonds. The lowest BCUT2D eigenvalue weighted by atomic mass is 10.0. The van der Waals surface area contributed by atoms with Gasteiger partial charge in [-0.15, -0.1) is 11.3 Å². The van der Waals surface area contributed by atoms with Crippen LogP contribution in [-0.2, 0) is 16.1 Å². The Bertz CT molecular complexity index is 853. The van der Waals surface area contributed by atoms with Gasteiger partial charge in [-0.1, -0.05) is 23.9 Å². The standard InChI is InChI=1S/C18H20N4O2S2/c23-17(12-25-18-21-15-3-1-2-4-16(15)26-18)20-14-9-19-22(11-14)10-13-5-7-24-8-6-13/h1-4,9,11,13H,5-8,10,12H2,(H,20,23). The number of nitrogens with zero attached hydrogens (tertiary/aromatic N) is 3. The van der Waals surface area contributed by atoms with E-state index in [1.165, 1.54) is 11.8 Å². The smallest absolute Gasteiger partial charge is 0.234 e. The number of thioether (sulfide) groups is 1. The molecule has 0 aliphatic carbocycles. The van der Waals surface area contributed by atoms with Gasteiger partial charge in [0.2, 0.25) is 5.91 Å². The van der Waals surface area contributed by atoms with Crippen LogP contribution in [0.15, 0.2) is 41.0 Å². The molecule has 3 aromatic rings. The maximum atomic E-state index is 12.2. The summed E-state index contributed by atoms with van der Waals surface area (Å²) >= 11 is 3.08. The van der Waals surface area contributed by atoms with Crippen molar-refractivity contribution in [2.24, 2.45) is 5.92 Å². The molecule has 0 saturated carbocycles. The SMILES string of the molecule is O=C(CSc1nc2ccccc2s1)Nc1cnn(CC2CCOCC2)c1. The Kier molecular flexibility index (Phi) is 5.52. The average molecular weight is 389 g/mol. The first-order chi connectivity index (χ1) is 12.8. The second-order valence-corrected chi connectivity index (χ2v) is 8.54. The number of anilines is 1. The van der Waals surface area contributed by atoms with Crippen molar-refractivity contribution in [3.63, 3.8) is 0 Å². The van der Waals surface area contributed by atoms with Crippen molar-refractivity contribution in [2.75, 3.05) is 24.3 Å². The van der Waals surface area contributed by atoms with Crippen molar-refractivity contribution in [1.29, 1.82) is 0 Å². The van der Waals surface area contributed by atoms with E-state index in [-0.39, 0.29) is 5.91 Å². The highest BCUT2D eigenvalue weighted by molar-refractivity contribution is 8.01. The summed E-state index contributed by atoms with van der Waals surface area (Å²) in [5.74, 6) is 0.895. The zero-order valence-corrected chi connectivity index (χ0v) is 15.9. The molecule has 4 rings (SSSR count). The molecule has 1 aliphatic heterocycles. The molecular formula is C18H20N4O2S2. The lowest BCUT2D eigenvalue weighted by molar-refractivity contribution is -0.113. The first-order valence-electron chi connectivity index (χ1n) is 8.65. The van der Waals surface area contributed by atoms with Gasteiger partial charge in [-0.25, -0.2) is 4.98 Å². The third kappa shape index (κ3) is 4.44. The van der Waals surface area contributed by atoms with Crippen molar-refractivity contribution in [3.05, 3.63) is 36.7 Å². The molecule has 0 spiro atoms. The summed E-state index contributed by atoms with van der Waals surface area (Å²) in [6, 6.07) is 8.01. The molecular weight excluding hydrogens is 368 g/mol. The Balaban J connectivity index is 1.27. The van der Waals surface area contributed by atoms with Crippen molar-refractivity contribution < 1.29 is 9.53 Å². The molecule has 0 radical (unpaired) electrons. The first-order valence-corrected chi connectivity index (χ1v) is 10.4. The summed E-state index contributed by atoms with van der Waals surface area (Å²) in [7, 11) is 0. The molecule has 0 atom stereocenters. The van der Waals surface area contributed by atoms with Crippen LogP contribution in [0.1, 0.15) is 12.8 Å². The number of aromatic nitrogens is 3. The number of ether oxygens (including phenoxy) is 1. The minimum absolute atomic E-state index is 0.0418. The lowest BCUT2D eigenvalue weighted by Crippen LogP contribution is -2.20. The predicted octanol–water partition coefficient (Wildman–Crippen LogP) is 3.65. The predicted molar refractivity (Wildman–Crippen MR) is 105 cm³/mol. The van der Waals surface area contributed by atoms with Crippen LogP contribution in [-0.4, -0.2) is 39.6 Å². The van der Waals surface area contributed by atoms with Gasteiger partial charge in [-0.05, 0) is 30.9 Å². The van der Waals surface area contributed by atoms with Gasteiger partial charge in [-0.3, -0.25) is 9.48 Å². The van der Waals surface area contributed by atoms with Crippen molar-refractivity contribution >= 4 is 44.9 Å². The van der Waals surface area contributed by atoms with Crippen LogP contribution in [0.2, 0.25) is 0 Å². The van der Waals surface area contributed by atoms with E-state index in [4.69, 9.17) is 4.74 Å². The first kappa shape index (κ1) is 17.5. The molecule has 6 nitrogen and oxygen atoms in total. The number of carbonyl (C=O) groups excluding carboxylic acids is 1.